The maximum Gasteiger partial charge on any atom is 0.310 e. The van der Waals surface area contributed by atoms with Crippen LogP contribution in [-0.2, 0) is 9.53 Å². The highest BCUT2D eigenvalue weighted by atomic mass is 16.5. The van der Waals surface area contributed by atoms with Gasteiger partial charge in [-0.1, -0.05) is 26.3 Å². The number of ether oxygens (including phenoxy) is 1. The summed E-state index contributed by atoms with van der Waals surface area (Å²) in [6, 6.07) is 0. The van der Waals surface area contributed by atoms with Crippen molar-refractivity contribution in [2.75, 3.05) is 0 Å². The van der Waals surface area contributed by atoms with Crippen molar-refractivity contribution in [3.05, 3.63) is 11.6 Å². The van der Waals surface area contributed by atoms with Gasteiger partial charge in [-0.25, -0.2) is 0 Å². The molecule has 0 N–H and O–H groups in total. The third-order valence-corrected chi connectivity index (χ3v) is 2.18. The van der Waals surface area contributed by atoms with Crippen molar-refractivity contribution in [1.82, 2.24) is 0 Å². The van der Waals surface area contributed by atoms with Crippen LogP contribution in [0, 0.1) is 0 Å². The summed E-state index contributed by atoms with van der Waals surface area (Å²) in [6.45, 7) is 4.21. The largest absolute Gasteiger partial charge is 0.458 e. The van der Waals surface area contributed by atoms with Crippen molar-refractivity contribution >= 4 is 5.97 Å². The van der Waals surface area contributed by atoms with Crippen molar-refractivity contribution in [1.29, 1.82) is 0 Å². The topological polar surface area (TPSA) is 26.3 Å². The van der Waals surface area contributed by atoms with Crippen molar-refractivity contribution in [3.63, 3.8) is 0 Å². The van der Waals surface area contributed by atoms with Crippen LogP contribution in [-0.4, -0.2) is 12.1 Å². The fourth-order valence-electron chi connectivity index (χ4n) is 1.51. The molecular weight excluding hydrogens is 152 g/mol. The average molecular weight is 168 g/mol. The Morgan fingerprint density at radius 2 is 2.33 bits per heavy atom. The molecule has 0 aromatic heterocycles. The monoisotopic (exact) mass is 168 g/mol. The number of rotatable bonds is 3. The maximum atomic E-state index is 10.9. The number of carbonyl (C=O) groups is 1. The van der Waals surface area contributed by atoms with Gasteiger partial charge in [0, 0.05) is 0 Å². The van der Waals surface area contributed by atoms with Gasteiger partial charge in [0.05, 0.1) is 6.42 Å². The fourth-order valence-corrected chi connectivity index (χ4v) is 1.51. The van der Waals surface area contributed by atoms with E-state index in [-0.39, 0.29) is 12.1 Å². The number of hydrogen-bond acceptors (Lipinski definition) is 2. The molecule has 1 aliphatic heterocycles. The lowest BCUT2D eigenvalue weighted by Gasteiger charge is -2.23. The van der Waals surface area contributed by atoms with Crippen LogP contribution in [0.2, 0.25) is 0 Å². The van der Waals surface area contributed by atoms with E-state index in [1.54, 1.807) is 0 Å². The van der Waals surface area contributed by atoms with Crippen molar-refractivity contribution in [3.8, 4) is 0 Å². The molecule has 1 rings (SSSR count). The third kappa shape index (κ3) is 2.10. The predicted octanol–water partition coefficient (Wildman–Crippen LogP) is 2.44. The summed E-state index contributed by atoms with van der Waals surface area (Å²) in [5.41, 5.74) is 1.29. The second kappa shape index (κ2) is 4.29. The predicted molar refractivity (Wildman–Crippen MR) is 47.8 cm³/mol. The molecule has 0 saturated carbocycles. The zero-order valence-electron chi connectivity index (χ0n) is 7.80. The Kier molecular flexibility index (Phi) is 3.32. The van der Waals surface area contributed by atoms with Gasteiger partial charge in [0.25, 0.3) is 0 Å². The lowest BCUT2D eigenvalue weighted by molar-refractivity contribution is -0.147. The second-order valence-corrected chi connectivity index (χ2v) is 3.10. The van der Waals surface area contributed by atoms with E-state index in [0.29, 0.717) is 6.42 Å². The summed E-state index contributed by atoms with van der Waals surface area (Å²) in [6.07, 6.45) is 5.58. The maximum absolute atomic E-state index is 10.9. The molecule has 1 aliphatic rings. The van der Waals surface area contributed by atoms with E-state index in [2.05, 4.69) is 13.8 Å². The van der Waals surface area contributed by atoms with Gasteiger partial charge >= 0.3 is 5.97 Å². The van der Waals surface area contributed by atoms with Gasteiger partial charge in [-0.05, 0) is 18.4 Å². The minimum absolute atomic E-state index is 0.0706. The first-order valence-electron chi connectivity index (χ1n) is 4.66. The molecule has 1 atom stereocenters. The van der Waals surface area contributed by atoms with Gasteiger partial charge in [0.15, 0.2) is 0 Å². The van der Waals surface area contributed by atoms with E-state index in [1.807, 2.05) is 6.08 Å². The number of carbonyl (C=O) groups excluding carboxylic acids is 1. The Labute approximate surface area is 73.6 Å². The lowest BCUT2D eigenvalue weighted by Crippen LogP contribution is -2.23. The van der Waals surface area contributed by atoms with Crippen molar-refractivity contribution in [2.24, 2.45) is 0 Å². The van der Waals surface area contributed by atoms with Gasteiger partial charge in [-0.2, -0.15) is 0 Å². The number of cyclic esters (lactones) is 1. The summed E-state index contributed by atoms with van der Waals surface area (Å²) < 4.78 is 5.22. The molecule has 0 spiro atoms. The zero-order chi connectivity index (χ0) is 8.97. The first-order valence-corrected chi connectivity index (χ1v) is 4.66. The Balaban J connectivity index is 2.61. The minimum atomic E-state index is -0.0781. The number of hydrogen-bond donors (Lipinski definition) is 0. The molecule has 1 heterocycles. The summed E-state index contributed by atoms with van der Waals surface area (Å²) in [5, 5.41) is 0. The molecule has 0 bridgehead atoms. The highest BCUT2D eigenvalue weighted by Crippen LogP contribution is 2.21. The normalized spacial score (nSPS) is 23.3. The molecule has 12 heavy (non-hydrogen) atoms. The molecule has 0 radical (unpaired) electrons. The Hall–Kier alpha value is -0.790. The SMILES string of the molecule is CCCC1OC(=O)CC=C1CC. The molecule has 2 nitrogen and oxygen atoms in total. The molecule has 2 heteroatoms. The van der Waals surface area contributed by atoms with Gasteiger partial charge in [0.2, 0.25) is 0 Å². The van der Waals surface area contributed by atoms with Gasteiger partial charge in [0.1, 0.15) is 6.10 Å². The fraction of sp³-hybridized carbons (Fsp3) is 0.700. The van der Waals surface area contributed by atoms with Crippen LogP contribution >= 0.6 is 0 Å². The van der Waals surface area contributed by atoms with E-state index < -0.39 is 0 Å². The zero-order valence-corrected chi connectivity index (χ0v) is 7.80. The molecule has 0 aromatic rings. The van der Waals surface area contributed by atoms with Crippen LogP contribution in [0.5, 0.6) is 0 Å². The van der Waals surface area contributed by atoms with Gasteiger partial charge in [-0.15, -0.1) is 0 Å². The molecule has 0 saturated heterocycles. The summed E-state index contributed by atoms with van der Waals surface area (Å²) in [5.74, 6) is -0.0781. The summed E-state index contributed by atoms with van der Waals surface area (Å²) in [4.78, 5) is 10.9. The standard InChI is InChI=1S/C10H16O2/c1-3-5-9-8(4-2)6-7-10(11)12-9/h6,9H,3-5,7H2,1-2H3. The Morgan fingerprint density at radius 1 is 1.58 bits per heavy atom. The molecule has 0 amide bonds. The quantitative estimate of drug-likeness (QED) is 0.478. The molecule has 0 aliphatic carbocycles. The van der Waals surface area contributed by atoms with Crippen LogP contribution in [0.3, 0.4) is 0 Å². The average Bonchev–Trinajstić information content (AvgIpc) is 2.05. The van der Waals surface area contributed by atoms with Crippen molar-refractivity contribution in [2.45, 2.75) is 45.6 Å². The van der Waals surface area contributed by atoms with E-state index in [9.17, 15) is 4.79 Å². The van der Waals surface area contributed by atoms with Crippen LogP contribution < -0.4 is 0 Å². The molecule has 1 unspecified atom stereocenters. The first kappa shape index (κ1) is 9.30. The Bertz CT molecular complexity index is 194. The Morgan fingerprint density at radius 3 is 2.92 bits per heavy atom. The molecule has 0 fully saturated rings. The van der Waals surface area contributed by atoms with Crippen LogP contribution in [0.4, 0.5) is 0 Å². The van der Waals surface area contributed by atoms with Crippen LogP contribution in [0.25, 0.3) is 0 Å². The van der Waals surface area contributed by atoms with E-state index in [4.69, 9.17) is 4.74 Å². The molecule has 0 aromatic carbocycles. The van der Waals surface area contributed by atoms with E-state index in [1.165, 1.54) is 5.57 Å². The highest BCUT2D eigenvalue weighted by Gasteiger charge is 2.20. The van der Waals surface area contributed by atoms with Gasteiger partial charge in [-0.3, -0.25) is 4.79 Å². The molecular formula is C10H16O2. The van der Waals surface area contributed by atoms with E-state index >= 15 is 0 Å². The van der Waals surface area contributed by atoms with Crippen LogP contribution in [0.1, 0.15) is 39.5 Å². The van der Waals surface area contributed by atoms with E-state index in [0.717, 1.165) is 19.3 Å². The minimum Gasteiger partial charge on any atom is -0.458 e. The lowest BCUT2D eigenvalue weighted by atomic mass is 10.00. The first-order chi connectivity index (χ1) is 5.77. The smallest absolute Gasteiger partial charge is 0.310 e. The van der Waals surface area contributed by atoms with Crippen LogP contribution in [0.15, 0.2) is 11.6 Å². The van der Waals surface area contributed by atoms with Gasteiger partial charge < -0.3 is 4.74 Å². The van der Waals surface area contributed by atoms with Crippen molar-refractivity contribution < 1.29 is 9.53 Å². The third-order valence-electron chi connectivity index (χ3n) is 2.18. The summed E-state index contributed by atoms with van der Waals surface area (Å²) >= 11 is 0. The second-order valence-electron chi connectivity index (χ2n) is 3.10. The highest BCUT2D eigenvalue weighted by molar-refractivity contribution is 5.73. The molecule has 68 valence electrons. The number of esters is 1. The summed E-state index contributed by atoms with van der Waals surface area (Å²) in [7, 11) is 0.